The van der Waals surface area contributed by atoms with E-state index in [9.17, 15) is 4.39 Å². The van der Waals surface area contributed by atoms with Crippen molar-refractivity contribution in [2.24, 2.45) is 5.73 Å². The van der Waals surface area contributed by atoms with Gasteiger partial charge in [0.15, 0.2) is 0 Å². The molecule has 2 N–H and O–H groups in total. The summed E-state index contributed by atoms with van der Waals surface area (Å²) in [6, 6.07) is 8.85. The van der Waals surface area contributed by atoms with Crippen molar-refractivity contribution in [1.82, 2.24) is 4.98 Å². The average molecular weight is 243 g/mol. The van der Waals surface area contributed by atoms with E-state index in [0.717, 1.165) is 30.0 Å². The third-order valence-electron chi connectivity index (χ3n) is 3.26. The largest absolute Gasteiger partial charge is 0.341 e. The highest BCUT2D eigenvalue weighted by molar-refractivity contribution is 5.69. The summed E-state index contributed by atoms with van der Waals surface area (Å²) in [6.07, 6.45) is 2.69. The van der Waals surface area contributed by atoms with Gasteiger partial charge in [-0.25, -0.2) is 4.39 Å². The Kier molecular flexibility index (Phi) is 2.72. The molecule has 2 heterocycles. The standard InChI is InChI=1S/C14H14FN3/c15-11-2-1-10-4-6-18(14(10)7-11)13-3-5-17-12(8-13)9-16/h1-3,5,7-8H,4,6,9,16H2. The van der Waals surface area contributed by atoms with Gasteiger partial charge in [-0.3, -0.25) is 4.98 Å². The zero-order valence-corrected chi connectivity index (χ0v) is 9.94. The van der Waals surface area contributed by atoms with Gasteiger partial charge in [-0.2, -0.15) is 0 Å². The van der Waals surface area contributed by atoms with Gasteiger partial charge < -0.3 is 10.6 Å². The molecule has 0 spiro atoms. The molecule has 1 aliphatic rings. The van der Waals surface area contributed by atoms with Crippen molar-refractivity contribution >= 4 is 11.4 Å². The van der Waals surface area contributed by atoms with Gasteiger partial charge in [0.05, 0.1) is 5.69 Å². The Labute approximate surface area is 105 Å². The average Bonchev–Trinajstić information content (AvgIpc) is 2.81. The molecule has 2 aromatic rings. The molecule has 18 heavy (non-hydrogen) atoms. The lowest BCUT2D eigenvalue weighted by Crippen LogP contribution is -2.14. The summed E-state index contributed by atoms with van der Waals surface area (Å²) in [5, 5.41) is 0. The van der Waals surface area contributed by atoms with Crippen molar-refractivity contribution in [3.05, 3.63) is 53.6 Å². The van der Waals surface area contributed by atoms with E-state index in [-0.39, 0.29) is 5.82 Å². The molecule has 0 unspecified atom stereocenters. The molecule has 0 aliphatic carbocycles. The molecule has 92 valence electrons. The lowest BCUT2D eigenvalue weighted by molar-refractivity contribution is 0.628. The number of hydrogen-bond acceptors (Lipinski definition) is 3. The third kappa shape index (κ3) is 1.84. The minimum Gasteiger partial charge on any atom is -0.341 e. The van der Waals surface area contributed by atoms with Crippen LogP contribution in [0.5, 0.6) is 0 Å². The number of aromatic nitrogens is 1. The van der Waals surface area contributed by atoms with Crippen LogP contribution in [0.15, 0.2) is 36.5 Å². The van der Waals surface area contributed by atoms with E-state index in [0.29, 0.717) is 6.54 Å². The Morgan fingerprint density at radius 2 is 2.17 bits per heavy atom. The molecule has 4 heteroatoms. The van der Waals surface area contributed by atoms with Crippen LogP contribution in [0.25, 0.3) is 0 Å². The van der Waals surface area contributed by atoms with E-state index in [4.69, 9.17) is 5.73 Å². The van der Waals surface area contributed by atoms with E-state index in [1.54, 1.807) is 12.3 Å². The second-order valence-electron chi connectivity index (χ2n) is 4.38. The number of halogens is 1. The first kappa shape index (κ1) is 11.2. The highest BCUT2D eigenvalue weighted by Crippen LogP contribution is 2.34. The predicted molar refractivity (Wildman–Crippen MR) is 69.2 cm³/mol. The van der Waals surface area contributed by atoms with Crippen LogP contribution < -0.4 is 10.6 Å². The number of hydrogen-bond donors (Lipinski definition) is 1. The third-order valence-corrected chi connectivity index (χ3v) is 3.26. The molecule has 0 saturated heterocycles. The highest BCUT2D eigenvalue weighted by Gasteiger charge is 2.21. The maximum atomic E-state index is 13.3. The van der Waals surface area contributed by atoms with E-state index in [2.05, 4.69) is 9.88 Å². The summed E-state index contributed by atoms with van der Waals surface area (Å²) in [5.41, 5.74) is 9.59. The van der Waals surface area contributed by atoms with Crippen molar-refractivity contribution in [2.75, 3.05) is 11.4 Å². The second kappa shape index (κ2) is 4.38. The molecule has 0 bridgehead atoms. The Morgan fingerprint density at radius 1 is 1.28 bits per heavy atom. The van der Waals surface area contributed by atoms with Gasteiger partial charge in [0.2, 0.25) is 0 Å². The van der Waals surface area contributed by atoms with Crippen molar-refractivity contribution in [3.63, 3.8) is 0 Å². The number of anilines is 2. The number of fused-ring (bicyclic) bond motifs is 1. The van der Waals surface area contributed by atoms with Crippen LogP contribution in [0.3, 0.4) is 0 Å². The Balaban J connectivity index is 2.02. The fraction of sp³-hybridized carbons (Fsp3) is 0.214. The van der Waals surface area contributed by atoms with Gasteiger partial charge >= 0.3 is 0 Å². The monoisotopic (exact) mass is 243 g/mol. The van der Waals surface area contributed by atoms with E-state index in [1.165, 1.54) is 11.6 Å². The molecular formula is C14H14FN3. The second-order valence-corrected chi connectivity index (χ2v) is 4.38. The molecule has 1 aromatic carbocycles. The van der Waals surface area contributed by atoms with E-state index in [1.807, 2.05) is 18.2 Å². The van der Waals surface area contributed by atoms with Crippen molar-refractivity contribution in [1.29, 1.82) is 0 Å². The summed E-state index contributed by atoms with van der Waals surface area (Å²) in [5.74, 6) is -0.200. The van der Waals surface area contributed by atoms with Gasteiger partial charge in [-0.1, -0.05) is 6.07 Å². The number of rotatable bonds is 2. The topological polar surface area (TPSA) is 42.1 Å². The summed E-state index contributed by atoms with van der Waals surface area (Å²) in [4.78, 5) is 6.29. The molecule has 0 amide bonds. The van der Waals surface area contributed by atoms with Crippen molar-refractivity contribution in [2.45, 2.75) is 13.0 Å². The number of pyridine rings is 1. The van der Waals surface area contributed by atoms with Gasteiger partial charge in [0.25, 0.3) is 0 Å². The van der Waals surface area contributed by atoms with Gasteiger partial charge in [-0.15, -0.1) is 0 Å². The number of nitrogens with zero attached hydrogens (tertiary/aromatic N) is 2. The van der Waals surface area contributed by atoms with Crippen molar-refractivity contribution < 1.29 is 4.39 Å². The Morgan fingerprint density at radius 3 is 3.00 bits per heavy atom. The van der Waals surface area contributed by atoms with Crippen LogP contribution in [-0.4, -0.2) is 11.5 Å². The summed E-state index contributed by atoms with van der Waals surface area (Å²) in [6.45, 7) is 1.28. The zero-order valence-electron chi connectivity index (χ0n) is 9.94. The van der Waals surface area contributed by atoms with Crippen LogP contribution in [0.1, 0.15) is 11.3 Å². The predicted octanol–water partition coefficient (Wildman–Crippen LogP) is 2.37. The first-order chi connectivity index (χ1) is 8.78. The molecule has 3 rings (SSSR count). The normalized spacial score (nSPS) is 13.8. The smallest absolute Gasteiger partial charge is 0.125 e. The fourth-order valence-corrected chi connectivity index (χ4v) is 2.37. The minimum absolute atomic E-state index is 0.200. The molecule has 0 saturated carbocycles. The lowest BCUT2D eigenvalue weighted by atomic mass is 10.1. The van der Waals surface area contributed by atoms with E-state index >= 15 is 0 Å². The first-order valence-corrected chi connectivity index (χ1v) is 5.99. The molecule has 0 radical (unpaired) electrons. The van der Waals surface area contributed by atoms with Gasteiger partial charge in [0, 0.05) is 30.7 Å². The quantitative estimate of drug-likeness (QED) is 0.880. The van der Waals surface area contributed by atoms with Crippen LogP contribution >= 0.6 is 0 Å². The molecule has 0 atom stereocenters. The van der Waals surface area contributed by atoms with Crippen molar-refractivity contribution in [3.8, 4) is 0 Å². The highest BCUT2D eigenvalue weighted by atomic mass is 19.1. The lowest BCUT2D eigenvalue weighted by Gasteiger charge is -2.20. The summed E-state index contributed by atoms with van der Waals surface area (Å²) < 4.78 is 13.3. The van der Waals surface area contributed by atoms with E-state index < -0.39 is 0 Å². The van der Waals surface area contributed by atoms with Crippen LogP contribution in [0.4, 0.5) is 15.8 Å². The maximum Gasteiger partial charge on any atom is 0.125 e. The van der Waals surface area contributed by atoms with Crippen LogP contribution in [0.2, 0.25) is 0 Å². The molecular weight excluding hydrogens is 229 g/mol. The molecule has 1 aliphatic heterocycles. The molecule has 0 fully saturated rings. The van der Waals surface area contributed by atoms with Gasteiger partial charge in [-0.05, 0) is 36.2 Å². The van der Waals surface area contributed by atoms with Crippen LogP contribution in [-0.2, 0) is 13.0 Å². The maximum absolute atomic E-state index is 13.3. The summed E-state index contributed by atoms with van der Waals surface area (Å²) >= 11 is 0. The Bertz CT molecular complexity index is 583. The molecule has 1 aromatic heterocycles. The van der Waals surface area contributed by atoms with Crippen LogP contribution in [0, 0.1) is 5.82 Å². The fourth-order valence-electron chi connectivity index (χ4n) is 2.37. The zero-order chi connectivity index (χ0) is 12.5. The molecule has 3 nitrogen and oxygen atoms in total. The minimum atomic E-state index is -0.200. The SMILES string of the molecule is NCc1cc(N2CCc3ccc(F)cc32)ccn1. The first-order valence-electron chi connectivity index (χ1n) is 5.99. The Hall–Kier alpha value is -1.94. The number of nitrogens with two attached hydrogens (primary N) is 1. The number of benzene rings is 1. The summed E-state index contributed by atoms with van der Waals surface area (Å²) in [7, 11) is 0. The van der Waals surface area contributed by atoms with Gasteiger partial charge in [0.1, 0.15) is 5.82 Å².